The van der Waals surface area contributed by atoms with E-state index < -0.39 is 0 Å². The summed E-state index contributed by atoms with van der Waals surface area (Å²) in [7, 11) is 1.96. The molecule has 0 amide bonds. The number of aromatic nitrogens is 2. The summed E-state index contributed by atoms with van der Waals surface area (Å²) in [5.41, 5.74) is 10.1. The fraction of sp³-hybridized carbons (Fsp3) is 0.118. The topological polar surface area (TPSA) is 68.6 Å². The molecule has 1 heterocycles. The highest BCUT2D eigenvalue weighted by molar-refractivity contribution is 8.13. The maximum Gasteiger partial charge on any atom is 0.180 e. The first kappa shape index (κ1) is 15.3. The van der Waals surface area contributed by atoms with E-state index in [0.29, 0.717) is 5.17 Å². The van der Waals surface area contributed by atoms with E-state index >= 15 is 0 Å². The number of amidine groups is 1. The van der Waals surface area contributed by atoms with Crippen LogP contribution in [0.25, 0.3) is 11.0 Å². The van der Waals surface area contributed by atoms with E-state index in [0.717, 1.165) is 22.3 Å². The molecular weight excluding hydrogens is 306 g/mol. The maximum atomic E-state index is 5.87. The van der Waals surface area contributed by atoms with E-state index in [1.165, 1.54) is 17.3 Å². The zero-order valence-corrected chi connectivity index (χ0v) is 13.6. The third-order valence-corrected chi connectivity index (χ3v) is 4.20. The highest BCUT2D eigenvalue weighted by Gasteiger charge is 1.99. The molecule has 23 heavy (non-hydrogen) atoms. The molecule has 0 aliphatic carbocycles. The van der Waals surface area contributed by atoms with Crippen LogP contribution in [-0.2, 0) is 12.8 Å². The molecule has 6 heteroatoms. The lowest BCUT2D eigenvalue weighted by Gasteiger charge is -1.99. The van der Waals surface area contributed by atoms with Gasteiger partial charge in [0, 0.05) is 12.8 Å². The largest absolute Gasteiger partial charge is 0.377 e. The van der Waals surface area contributed by atoms with Crippen molar-refractivity contribution in [1.82, 2.24) is 9.55 Å². The van der Waals surface area contributed by atoms with E-state index in [1.54, 1.807) is 12.5 Å². The minimum absolute atomic E-state index is 0.451. The highest BCUT2D eigenvalue weighted by Crippen LogP contribution is 2.13. The fourth-order valence-corrected chi connectivity index (χ4v) is 2.75. The van der Waals surface area contributed by atoms with Crippen LogP contribution in [0, 0.1) is 0 Å². The molecule has 0 aliphatic heterocycles. The predicted molar refractivity (Wildman–Crippen MR) is 97.7 cm³/mol. The second-order valence-electron chi connectivity index (χ2n) is 5.06. The maximum absolute atomic E-state index is 5.87. The van der Waals surface area contributed by atoms with Crippen LogP contribution >= 0.6 is 11.8 Å². The summed E-state index contributed by atoms with van der Waals surface area (Å²) in [6, 6.07) is 16.1. The summed E-state index contributed by atoms with van der Waals surface area (Å²) in [6.45, 7) is 0. The van der Waals surface area contributed by atoms with Gasteiger partial charge in [0.05, 0.1) is 23.6 Å². The van der Waals surface area contributed by atoms with Gasteiger partial charge >= 0.3 is 0 Å². The Morgan fingerprint density at radius 1 is 1.26 bits per heavy atom. The summed E-state index contributed by atoms with van der Waals surface area (Å²) in [5, 5.41) is 8.54. The number of aryl methyl sites for hydroxylation is 1. The zero-order valence-electron chi connectivity index (χ0n) is 12.8. The van der Waals surface area contributed by atoms with Crippen molar-refractivity contribution >= 4 is 34.2 Å². The monoisotopic (exact) mass is 323 g/mol. The second kappa shape index (κ2) is 7.11. The van der Waals surface area contributed by atoms with E-state index in [4.69, 9.17) is 5.73 Å². The molecule has 3 rings (SSSR count). The van der Waals surface area contributed by atoms with E-state index in [1.807, 2.05) is 48.0 Å². The van der Waals surface area contributed by atoms with Crippen LogP contribution in [-0.4, -0.2) is 20.9 Å². The molecule has 0 saturated heterocycles. The van der Waals surface area contributed by atoms with Crippen LogP contribution < -0.4 is 5.73 Å². The Hall–Kier alpha value is -2.60. The average Bonchev–Trinajstić information content (AvgIpc) is 2.95. The van der Waals surface area contributed by atoms with Gasteiger partial charge in [-0.15, -0.1) is 5.10 Å². The average molecular weight is 323 g/mol. The lowest BCUT2D eigenvalue weighted by atomic mass is 10.2. The molecule has 0 saturated carbocycles. The SMILES string of the molecule is Cn1cnc2ccc(C=NN=C(N)SCc3ccccc3)cc21. The first-order valence-electron chi connectivity index (χ1n) is 7.17. The molecule has 2 aromatic carbocycles. The normalized spacial score (nSPS) is 12.3. The van der Waals surface area contributed by atoms with Crippen molar-refractivity contribution in [3.05, 3.63) is 66.0 Å². The van der Waals surface area contributed by atoms with E-state index in [-0.39, 0.29) is 0 Å². The van der Waals surface area contributed by atoms with Crippen LogP contribution in [0.3, 0.4) is 0 Å². The van der Waals surface area contributed by atoms with E-state index in [9.17, 15) is 0 Å². The molecule has 0 atom stereocenters. The van der Waals surface area contributed by atoms with Gasteiger partial charge in [-0.25, -0.2) is 4.98 Å². The quantitative estimate of drug-likeness (QED) is 0.455. The van der Waals surface area contributed by atoms with Crippen LogP contribution in [0.5, 0.6) is 0 Å². The summed E-state index contributed by atoms with van der Waals surface area (Å²) < 4.78 is 1.97. The lowest BCUT2D eigenvalue weighted by molar-refractivity contribution is 0.947. The highest BCUT2D eigenvalue weighted by atomic mass is 32.2. The Kier molecular flexibility index (Phi) is 4.73. The standard InChI is InChI=1S/C17H17N5S/c1-22-12-19-15-8-7-14(9-16(15)22)10-20-21-17(18)23-11-13-5-3-2-4-6-13/h2-10,12H,11H2,1H3,(H2,18,21). The smallest absolute Gasteiger partial charge is 0.180 e. The van der Waals surface area contributed by atoms with Crippen LogP contribution in [0.15, 0.2) is 65.1 Å². The van der Waals surface area contributed by atoms with Gasteiger partial charge in [0.25, 0.3) is 0 Å². The summed E-state index contributed by atoms with van der Waals surface area (Å²) >= 11 is 1.47. The molecule has 116 valence electrons. The fourth-order valence-electron chi connectivity index (χ4n) is 2.14. The molecular formula is C17H17N5S. The van der Waals surface area contributed by atoms with Gasteiger partial charge in [-0.05, 0) is 23.3 Å². The summed E-state index contributed by atoms with van der Waals surface area (Å²) in [4.78, 5) is 4.29. The zero-order chi connectivity index (χ0) is 16.1. The molecule has 3 aromatic rings. The number of thioether (sulfide) groups is 1. The van der Waals surface area contributed by atoms with Crippen LogP contribution in [0.1, 0.15) is 11.1 Å². The third kappa shape index (κ3) is 3.98. The van der Waals surface area contributed by atoms with Gasteiger partial charge in [-0.2, -0.15) is 5.10 Å². The predicted octanol–water partition coefficient (Wildman–Crippen LogP) is 3.16. The van der Waals surface area contributed by atoms with Crippen molar-refractivity contribution in [3.63, 3.8) is 0 Å². The van der Waals surface area contributed by atoms with Crippen molar-refractivity contribution in [2.45, 2.75) is 5.75 Å². The number of fused-ring (bicyclic) bond motifs is 1. The molecule has 0 spiro atoms. The molecule has 1 aromatic heterocycles. The Bertz CT molecular complexity index is 852. The summed E-state index contributed by atoms with van der Waals surface area (Å²) in [5.74, 6) is 0.784. The summed E-state index contributed by atoms with van der Waals surface area (Å²) in [6.07, 6.45) is 3.49. The van der Waals surface area contributed by atoms with Gasteiger partial charge in [-0.1, -0.05) is 48.2 Å². The van der Waals surface area contributed by atoms with Crippen molar-refractivity contribution in [2.75, 3.05) is 0 Å². The number of benzene rings is 2. The number of nitrogens with zero attached hydrogens (tertiary/aromatic N) is 4. The molecule has 5 nitrogen and oxygen atoms in total. The first-order chi connectivity index (χ1) is 11.2. The Morgan fingerprint density at radius 3 is 2.91 bits per heavy atom. The molecule has 0 aliphatic rings. The van der Waals surface area contributed by atoms with Crippen LogP contribution in [0.2, 0.25) is 0 Å². The number of hydrogen-bond acceptors (Lipinski definition) is 4. The number of hydrogen-bond donors (Lipinski definition) is 1. The molecule has 0 bridgehead atoms. The van der Waals surface area contributed by atoms with E-state index in [2.05, 4.69) is 27.3 Å². The van der Waals surface area contributed by atoms with Gasteiger partial charge < -0.3 is 10.3 Å². The Morgan fingerprint density at radius 2 is 2.09 bits per heavy atom. The Labute approximate surface area is 138 Å². The van der Waals surface area contributed by atoms with Crippen LogP contribution in [0.4, 0.5) is 0 Å². The molecule has 0 fully saturated rings. The van der Waals surface area contributed by atoms with Gasteiger partial charge in [-0.3, -0.25) is 0 Å². The lowest BCUT2D eigenvalue weighted by Crippen LogP contribution is -2.05. The van der Waals surface area contributed by atoms with Crippen molar-refractivity contribution in [1.29, 1.82) is 0 Å². The third-order valence-electron chi connectivity index (χ3n) is 3.34. The van der Waals surface area contributed by atoms with Gasteiger partial charge in [0.2, 0.25) is 0 Å². The van der Waals surface area contributed by atoms with Crippen molar-refractivity contribution in [2.24, 2.45) is 23.0 Å². The van der Waals surface area contributed by atoms with Crippen molar-refractivity contribution in [3.8, 4) is 0 Å². The minimum Gasteiger partial charge on any atom is -0.377 e. The second-order valence-corrected chi connectivity index (χ2v) is 6.06. The first-order valence-corrected chi connectivity index (χ1v) is 8.15. The van der Waals surface area contributed by atoms with Gasteiger partial charge in [0.15, 0.2) is 5.17 Å². The molecule has 0 unspecified atom stereocenters. The number of imidazole rings is 1. The molecule has 0 radical (unpaired) electrons. The number of nitrogens with two attached hydrogens (primary N) is 1. The van der Waals surface area contributed by atoms with Crippen molar-refractivity contribution < 1.29 is 0 Å². The minimum atomic E-state index is 0.451. The number of rotatable bonds is 4. The Balaban J connectivity index is 1.63. The molecule has 2 N–H and O–H groups in total. The van der Waals surface area contributed by atoms with Gasteiger partial charge in [0.1, 0.15) is 0 Å².